The molecule has 1 amide bonds. The smallest absolute Gasteiger partial charge is 0.261 e. The molecule has 106 valence electrons. The Kier molecular flexibility index (Phi) is 6.82. The second kappa shape index (κ2) is 8.39. The Morgan fingerprint density at radius 2 is 2.25 bits per heavy atom. The second-order valence-corrected chi connectivity index (χ2v) is 4.90. The van der Waals surface area contributed by atoms with Gasteiger partial charge in [-0.1, -0.05) is 22.9 Å². The van der Waals surface area contributed by atoms with Crippen molar-refractivity contribution in [3.8, 4) is 11.8 Å². The fourth-order valence-electron chi connectivity index (χ4n) is 1.53. The van der Waals surface area contributed by atoms with E-state index in [1.54, 1.807) is 12.1 Å². The van der Waals surface area contributed by atoms with Crippen LogP contribution in [0.2, 0.25) is 0 Å². The molecular formula is C15H17BrN2O2. The van der Waals surface area contributed by atoms with Crippen LogP contribution in [-0.2, 0) is 4.79 Å². The first kappa shape index (κ1) is 16.3. The van der Waals surface area contributed by atoms with Gasteiger partial charge in [0.05, 0.1) is 6.61 Å². The van der Waals surface area contributed by atoms with E-state index >= 15 is 0 Å². The lowest BCUT2D eigenvalue weighted by Gasteiger charge is -2.06. The minimum atomic E-state index is -0.358. The first-order valence-electron chi connectivity index (χ1n) is 6.44. The molecule has 0 aliphatic rings. The van der Waals surface area contributed by atoms with Crippen LogP contribution in [-0.4, -0.2) is 19.1 Å². The Labute approximate surface area is 127 Å². The van der Waals surface area contributed by atoms with Gasteiger partial charge in [-0.3, -0.25) is 4.79 Å². The zero-order valence-corrected chi connectivity index (χ0v) is 13.2. The van der Waals surface area contributed by atoms with Crippen molar-refractivity contribution in [3.05, 3.63) is 33.8 Å². The lowest BCUT2D eigenvalue weighted by atomic mass is 10.1. The van der Waals surface area contributed by atoms with E-state index in [4.69, 9.17) is 10.00 Å². The molecule has 1 N–H and O–H groups in total. The van der Waals surface area contributed by atoms with Gasteiger partial charge in [0.1, 0.15) is 17.4 Å². The summed E-state index contributed by atoms with van der Waals surface area (Å²) in [6.07, 6.45) is 2.38. The summed E-state index contributed by atoms with van der Waals surface area (Å²) in [5, 5.41) is 11.8. The maximum absolute atomic E-state index is 11.8. The van der Waals surface area contributed by atoms with Crippen molar-refractivity contribution in [2.75, 3.05) is 13.2 Å². The van der Waals surface area contributed by atoms with Gasteiger partial charge in [-0.05, 0) is 43.2 Å². The fraction of sp³-hybridized carbons (Fsp3) is 0.333. The van der Waals surface area contributed by atoms with Crippen molar-refractivity contribution in [3.63, 3.8) is 0 Å². The molecule has 0 unspecified atom stereocenters. The number of rotatable bonds is 6. The topological polar surface area (TPSA) is 62.1 Å². The fourth-order valence-corrected chi connectivity index (χ4v) is 1.89. The van der Waals surface area contributed by atoms with Gasteiger partial charge in [0, 0.05) is 11.0 Å². The molecule has 0 radical (unpaired) electrons. The van der Waals surface area contributed by atoms with Crippen LogP contribution < -0.4 is 10.1 Å². The summed E-state index contributed by atoms with van der Waals surface area (Å²) >= 11 is 3.40. The Balaban J connectivity index is 3.03. The number of carbonyl (C=O) groups is 1. The molecule has 0 saturated heterocycles. The molecule has 1 aromatic rings. The van der Waals surface area contributed by atoms with Gasteiger partial charge in [0.2, 0.25) is 0 Å². The number of nitrogens with zero attached hydrogens (tertiary/aromatic N) is 1. The lowest BCUT2D eigenvalue weighted by Crippen LogP contribution is -2.25. The van der Waals surface area contributed by atoms with Crippen LogP contribution in [0.25, 0.3) is 6.08 Å². The average Bonchev–Trinajstić information content (AvgIpc) is 2.45. The third kappa shape index (κ3) is 4.71. The molecule has 4 nitrogen and oxygen atoms in total. The molecule has 0 atom stereocenters. The Hall–Kier alpha value is -1.80. The van der Waals surface area contributed by atoms with Crippen LogP contribution >= 0.6 is 15.9 Å². The van der Waals surface area contributed by atoms with Crippen molar-refractivity contribution < 1.29 is 9.53 Å². The second-order valence-electron chi connectivity index (χ2n) is 4.04. The van der Waals surface area contributed by atoms with Crippen LogP contribution in [0.4, 0.5) is 0 Å². The van der Waals surface area contributed by atoms with E-state index in [1.165, 1.54) is 0 Å². The number of halogens is 1. The van der Waals surface area contributed by atoms with Crippen LogP contribution in [0.3, 0.4) is 0 Å². The number of carbonyl (C=O) groups excluding carboxylic acids is 1. The van der Waals surface area contributed by atoms with E-state index in [-0.39, 0.29) is 11.5 Å². The Bertz CT molecular complexity index is 547. The van der Waals surface area contributed by atoms with Crippen LogP contribution in [0.5, 0.6) is 5.75 Å². The number of hydrogen-bond acceptors (Lipinski definition) is 3. The van der Waals surface area contributed by atoms with Crippen molar-refractivity contribution in [1.82, 2.24) is 5.32 Å². The highest BCUT2D eigenvalue weighted by Crippen LogP contribution is 2.24. The molecule has 0 heterocycles. The number of nitriles is 1. The highest BCUT2D eigenvalue weighted by atomic mass is 79.9. The average molecular weight is 337 g/mol. The molecule has 0 aliphatic heterocycles. The van der Waals surface area contributed by atoms with E-state index < -0.39 is 0 Å². The molecule has 0 aromatic heterocycles. The molecule has 1 rings (SSSR count). The predicted molar refractivity (Wildman–Crippen MR) is 82.2 cm³/mol. The molecule has 20 heavy (non-hydrogen) atoms. The van der Waals surface area contributed by atoms with Gasteiger partial charge in [-0.15, -0.1) is 0 Å². The summed E-state index contributed by atoms with van der Waals surface area (Å²) in [6.45, 7) is 4.97. The molecule has 0 fully saturated rings. The molecule has 0 aliphatic carbocycles. The minimum Gasteiger partial charge on any atom is -0.494 e. The highest BCUT2D eigenvalue weighted by Gasteiger charge is 2.09. The molecule has 0 bridgehead atoms. The molecule has 0 saturated carbocycles. The third-order valence-electron chi connectivity index (χ3n) is 2.48. The Morgan fingerprint density at radius 3 is 2.85 bits per heavy atom. The standard InChI is InChI=1S/C15H17BrN2O2/c1-3-7-18-15(19)12(10-17)8-11-9-13(20-4-2)5-6-14(11)16/h5-6,8-9H,3-4,7H2,1-2H3,(H,18,19)/b12-8+. The van der Waals surface area contributed by atoms with E-state index in [1.807, 2.05) is 32.0 Å². The van der Waals surface area contributed by atoms with Gasteiger partial charge in [0.15, 0.2) is 0 Å². The van der Waals surface area contributed by atoms with E-state index in [9.17, 15) is 4.79 Å². The van der Waals surface area contributed by atoms with Crippen LogP contribution in [0.15, 0.2) is 28.2 Å². The summed E-state index contributed by atoms with van der Waals surface area (Å²) in [6, 6.07) is 7.37. The summed E-state index contributed by atoms with van der Waals surface area (Å²) in [5.41, 5.74) is 0.812. The summed E-state index contributed by atoms with van der Waals surface area (Å²) in [7, 11) is 0. The lowest BCUT2D eigenvalue weighted by molar-refractivity contribution is -0.117. The van der Waals surface area contributed by atoms with E-state index in [0.29, 0.717) is 18.9 Å². The number of benzene rings is 1. The largest absolute Gasteiger partial charge is 0.494 e. The number of ether oxygens (including phenoxy) is 1. The van der Waals surface area contributed by atoms with E-state index in [0.717, 1.165) is 16.5 Å². The van der Waals surface area contributed by atoms with Crippen molar-refractivity contribution in [1.29, 1.82) is 5.26 Å². The third-order valence-corrected chi connectivity index (χ3v) is 3.20. The van der Waals surface area contributed by atoms with Crippen LogP contribution in [0.1, 0.15) is 25.8 Å². The molecule has 1 aromatic carbocycles. The normalized spacial score (nSPS) is 10.8. The van der Waals surface area contributed by atoms with Gasteiger partial charge in [-0.2, -0.15) is 5.26 Å². The summed E-state index contributed by atoms with van der Waals surface area (Å²) < 4.78 is 6.21. The van der Waals surface area contributed by atoms with Crippen molar-refractivity contribution in [2.24, 2.45) is 0 Å². The quantitative estimate of drug-likeness (QED) is 0.640. The Morgan fingerprint density at radius 1 is 1.50 bits per heavy atom. The number of amides is 1. The maximum atomic E-state index is 11.8. The first-order chi connectivity index (χ1) is 9.62. The van der Waals surface area contributed by atoms with Gasteiger partial charge in [0.25, 0.3) is 5.91 Å². The minimum absolute atomic E-state index is 0.0767. The summed E-state index contributed by atoms with van der Waals surface area (Å²) in [4.78, 5) is 11.8. The monoisotopic (exact) mass is 336 g/mol. The van der Waals surface area contributed by atoms with Gasteiger partial charge >= 0.3 is 0 Å². The zero-order valence-electron chi connectivity index (χ0n) is 11.6. The highest BCUT2D eigenvalue weighted by molar-refractivity contribution is 9.10. The SMILES string of the molecule is CCCNC(=O)/C(C#N)=C/c1cc(OCC)ccc1Br. The van der Waals surface area contributed by atoms with Gasteiger partial charge in [-0.25, -0.2) is 0 Å². The number of hydrogen-bond donors (Lipinski definition) is 1. The van der Waals surface area contributed by atoms with Crippen molar-refractivity contribution in [2.45, 2.75) is 20.3 Å². The molecule has 5 heteroatoms. The summed E-state index contributed by atoms with van der Waals surface area (Å²) in [5.74, 6) is 0.344. The van der Waals surface area contributed by atoms with Gasteiger partial charge < -0.3 is 10.1 Å². The van der Waals surface area contributed by atoms with Crippen molar-refractivity contribution >= 4 is 27.9 Å². The zero-order chi connectivity index (χ0) is 15.0. The number of nitrogens with one attached hydrogen (secondary N) is 1. The molecular weight excluding hydrogens is 320 g/mol. The maximum Gasteiger partial charge on any atom is 0.261 e. The van der Waals surface area contributed by atoms with Crippen LogP contribution in [0, 0.1) is 11.3 Å². The first-order valence-corrected chi connectivity index (χ1v) is 7.24. The molecule has 0 spiro atoms. The predicted octanol–water partition coefficient (Wildman–Crippen LogP) is 3.28. The van der Waals surface area contributed by atoms with E-state index in [2.05, 4.69) is 21.2 Å².